The Labute approximate surface area is 161 Å². The van der Waals surface area contributed by atoms with Crippen molar-refractivity contribution in [3.63, 3.8) is 0 Å². The Kier molecular flexibility index (Phi) is 7.06. The fraction of sp³-hybridized carbons (Fsp3) is 0.368. The van der Waals surface area contributed by atoms with Crippen LogP contribution in [0.2, 0.25) is 0 Å². The van der Waals surface area contributed by atoms with Crippen molar-refractivity contribution in [2.24, 2.45) is 11.7 Å². The zero-order valence-corrected chi connectivity index (χ0v) is 16.4. The van der Waals surface area contributed by atoms with E-state index in [4.69, 9.17) is 10.5 Å². The van der Waals surface area contributed by atoms with E-state index in [-0.39, 0.29) is 24.2 Å². The summed E-state index contributed by atoms with van der Waals surface area (Å²) in [6, 6.07) is 16.6. The van der Waals surface area contributed by atoms with Crippen LogP contribution in [0.3, 0.4) is 0 Å². The molecule has 0 aromatic heterocycles. The van der Waals surface area contributed by atoms with Gasteiger partial charge in [-0.05, 0) is 49.2 Å². The van der Waals surface area contributed by atoms with Crippen molar-refractivity contribution in [1.82, 2.24) is 4.31 Å². The third kappa shape index (κ3) is 4.20. The quantitative estimate of drug-likeness (QED) is 0.814. The Morgan fingerprint density at radius 1 is 1.08 bits per heavy atom. The van der Waals surface area contributed by atoms with E-state index in [0.717, 1.165) is 5.56 Å². The van der Waals surface area contributed by atoms with Crippen LogP contribution in [0.15, 0.2) is 59.5 Å². The molecule has 1 aliphatic rings. The minimum Gasteiger partial charge on any atom is -0.494 e. The van der Waals surface area contributed by atoms with Gasteiger partial charge in [-0.25, -0.2) is 8.42 Å². The first-order valence-corrected chi connectivity index (χ1v) is 9.98. The summed E-state index contributed by atoms with van der Waals surface area (Å²) < 4.78 is 32.9. The molecule has 0 saturated carbocycles. The summed E-state index contributed by atoms with van der Waals surface area (Å²) in [4.78, 5) is 0.292. The van der Waals surface area contributed by atoms with E-state index in [1.54, 1.807) is 28.6 Å². The molecule has 0 bridgehead atoms. The lowest BCUT2D eigenvalue weighted by atomic mass is 9.89. The Balaban J connectivity index is 0.00000243. The predicted octanol–water partition coefficient (Wildman–Crippen LogP) is 2.87. The van der Waals surface area contributed by atoms with Crippen LogP contribution in [0.4, 0.5) is 0 Å². The van der Waals surface area contributed by atoms with Crippen molar-refractivity contribution in [2.45, 2.75) is 17.7 Å². The van der Waals surface area contributed by atoms with E-state index in [1.807, 2.05) is 37.3 Å². The number of benzene rings is 2. The number of sulfonamides is 1. The second kappa shape index (κ2) is 8.86. The Morgan fingerprint density at radius 3 is 2.31 bits per heavy atom. The van der Waals surface area contributed by atoms with Crippen molar-refractivity contribution in [3.05, 3.63) is 60.2 Å². The van der Waals surface area contributed by atoms with Crippen LogP contribution >= 0.6 is 12.4 Å². The van der Waals surface area contributed by atoms with Crippen LogP contribution in [0.5, 0.6) is 5.75 Å². The monoisotopic (exact) mass is 396 g/mol. The average molecular weight is 397 g/mol. The molecular formula is C19H25ClN2O3S. The number of hydrogen-bond acceptors (Lipinski definition) is 4. The second-order valence-corrected chi connectivity index (χ2v) is 8.18. The normalized spacial score (nSPS) is 20.5. The summed E-state index contributed by atoms with van der Waals surface area (Å²) in [5.74, 6) is 0.924. The summed E-state index contributed by atoms with van der Waals surface area (Å²) in [7, 11) is -3.53. The van der Waals surface area contributed by atoms with E-state index in [9.17, 15) is 8.42 Å². The summed E-state index contributed by atoms with van der Waals surface area (Å²) in [5, 5.41) is 0. The third-order valence-corrected chi connectivity index (χ3v) is 6.56. The highest BCUT2D eigenvalue weighted by molar-refractivity contribution is 7.89. The van der Waals surface area contributed by atoms with E-state index in [1.165, 1.54) is 0 Å². The maximum absolute atomic E-state index is 13.0. The van der Waals surface area contributed by atoms with E-state index in [0.29, 0.717) is 36.9 Å². The smallest absolute Gasteiger partial charge is 0.243 e. The predicted molar refractivity (Wildman–Crippen MR) is 105 cm³/mol. The molecule has 5 nitrogen and oxygen atoms in total. The molecular weight excluding hydrogens is 372 g/mol. The highest BCUT2D eigenvalue weighted by Gasteiger charge is 2.39. The van der Waals surface area contributed by atoms with Crippen molar-refractivity contribution >= 4 is 22.4 Å². The van der Waals surface area contributed by atoms with Crippen LogP contribution in [-0.2, 0) is 10.0 Å². The lowest BCUT2D eigenvalue weighted by Crippen LogP contribution is -2.30. The summed E-state index contributed by atoms with van der Waals surface area (Å²) >= 11 is 0. The van der Waals surface area contributed by atoms with Crippen molar-refractivity contribution in [3.8, 4) is 5.75 Å². The molecule has 3 rings (SSSR count). The van der Waals surface area contributed by atoms with Gasteiger partial charge in [0, 0.05) is 19.0 Å². The molecule has 1 fully saturated rings. The topological polar surface area (TPSA) is 72.6 Å². The number of ether oxygens (including phenoxy) is 1. The number of nitrogens with zero attached hydrogens (tertiary/aromatic N) is 1. The Bertz CT molecular complexity index is 797. The lowest BCUT2D eigenvalue weighted by molar-refractivity contribution is 0.340. The van der Waals surface area contributed by atoms with Gasteiger partial charge in [-0.15, -0.1) is 12.4 Å². The minimum absolute atomic E-state index is 0. The molecule has 7 heteroatoms. The molecule has 0 amide bonds. The minimum atomic E-state index is -3.53. The molecule has 1 saturated heterocycles. The maximum atomic E-state index is 13.0. The first kappa shape index (κ1) is 20.7. The SMILES string of the molecule is CCOc1ccc(S(=O)(=O)N2C[C@@H](CN)[C@H](c3ccccc3)C2)cc1.Cl. The fourth-order valence-electron chi connectivity index (χ4n) is 3.37. The maximum Gasteiger partial charge on any atom is 0.243 e. The highest BCUT2D eigenvalue weighted by atomic mass is 35.5. The molecule has 0 unspecified atom stereocenters. The third-order valence-electron chi connectivity index (χ3n) is 4.71. The molecule has 1 heterocycles. The molecule has 26 heavy (non-hydrogen) atoms. The van der Waals surface area contributed by atoms with Crippen LogP contribution in [0.25, 0.3) is 0 Å². The van der Waals surface area contributed by atoms with Gasteiger partial charge in [0.15, 0.2) is 0 Å². The highest BCUT2D eigenvalue weighted by Crippen LogP contribution is 2.35. The van der Waals surface area contributed by atoms with Gasteiger partial charge in [0.05, 0.1) is 11.5 Å². The number of hydrogen-bond donors (Lipinski definition) is 1. The number of halogens is 1. The fourth-order valence-corrected chi connectivity index (χ4v) is 4.89. The molecule has 0 aliphatic carbocycles. The van der Waals surface area contributed by atoms with Gasteiger partial charge >= 0.3 is 0 Å². The molecule has 0 radical (unpaired) electrons. The van der Waals surface area contributed by atoms with Gasteiger partial charge in [0.25, 0.3) is 0 Å². The lowest BCUT2D eigenvalue weighted by Gasteiger charge is -2.17. The zero-order valence-electron chi connectivity index (χ0n) is 14.7. The first-order valence-electron chi connectivity index (χ1n) is 8.54. The molecule has 2 atom stereocenters. The van der Waals surface area contributed by atoms with Gasteiger partial charge in [0.1, 0.15) is 5.75 Å². The summed E-state index contributed by atoms with van der Waals surface area (Å²) in [6.45, 7) is 3.82. The number of nitrogens with two attached hydrogens (primary N) is 1. The van der Waals surface area contributed by atoms with Gasteiger partial charge < -0.3 is 10.5 Å². The summed E-state index contributed by atoms with van der Waals surface area (Å²) in [5.41, 5.74) is 7.06. The molecule has 2 aromatic rings. The van der Waals surface area contributed by atoms with Crippen LogP contribution < -0.4 is 10.5 Å². The molecule has 142 valence electrons. The molecule has 0 spiro atoms. The van der Waals surface area contributed by atoms with E-state index in [2.05, 4.69) is 0 Å². The molecule has 2 aromatic carbocycles. The van der Waals surface area contributed by atoms with Crippen LogP contribution in [0, 0.1) is 5.92 Å². The molecule has 2 N–H and O–H groups in total. The van der Waals surface area contributed by atoms with Gasteiger partial charge in [-0.2, -0.15) is 4.31 Å². The summed E-state index contributed by atoms with van der Waals surface area (Å²) in [6.07, 6.45) is 0. The van der Waals surface area contributed by atoms with Crippen molar-refractivity contribution in [2.75, 3.05) is 26.2 Å². The van der Waals surface area contributed by atoms with Gasteiger partial charge in [-0.1, -0.05) is 30.3 Å². The van der Waals surface area contributed by atoms with E-state index >= 15 is 0 Å². The van der Waals surface area contributed by atoms with Crippen molar-refractivity contribution < 1.29 is 13.2 Å². The molecule has 1 aliphatic heterocycles. The van der Waals surface area contributed by atoms with Gasteiger partial charge in [-0.3, -0.25) is 0 Å². The Hall–Kier alpha value is -1.60. The largest absolute Gasteiger partial charge is 0.494 e. The van der Waals surface area contributed by atoms with Crippen LogP contribution in [-0.4, -0.2) is 39.0 Å². The average Bonchev–Trinajstić information content (AvgIpc) is 3.08. The zero-order chi connectivity index (χ0) is 17.9. The second-order valence-electron chi connectivity index (χ2n) is 6.24. The van der Waals surface area contributed by atoms with Gasteiger partial charge in [0.2, 0.25) is 10.0 Å². The van der Waals surface area contributed by atoms with E-state index < -0.39 is 10.0 Å². The van der Waals surface area contributed by atoms with Crippen molar-refractivity contribution in [1.29, 1.82) is 0 Å². The standard InChI is InChI=1S/C19H24N2O3S.ClH/c1-2-24-17-8-10-18(11-9-17)25(22,23)21-13-16(12-20)19(14-21)15-6-4-3-5-7-15;/h3-11,16,19H,2,12-14,20H2,1H3;1H/t16-,19+;/m1./s1. The number of rotatable bonds is 6. The Morgan fingerprint density at radius 2 is 1.73 bits per heavy atom. The first-order chi connectivity index (χ1) is 12.1. The van der Waals surface area contributed by atoms with Crippen LogP contribution in [0.1, 0.15) is 18.4 Å².